The average Bonchev–Trinajstić information content (AvgIpc) is 3.24. The Bertz CT molecular complexity index is 1460. The summed E-state index contributed by atoms with van der Waals surface area (Å²) in [6.07, 6.45) is 0. The molecule has 1 amide bonds. The van der Waals surface area contributed by atoms with Crippen molar-refractivity contribution in [3.63, 3.8) is 0 Å². The quantitative estimate of drug-likeness (QED) is 0.500. The van der Waals surface area contributed by atoms with Crippen LogP contribution < -0.4 is 16.6 Å². The summed E-state index contributed by atoms with van der Waals surface area (Å²) < 4.78 is 3.07. The summed E-state index contributed by atoms with van der Waals surface area (Å²) in [6, 6.07) is 13.3. The second-order valence-corrected chi connectivity index (χ2v) is 9.03. The summed E-state index contributed by atoms with van der Waals surface area (Å²) in [5.74, 6) is -0.315. The van der Waals surface area contributed by atoms with E-state index in [-0.39, 0.29) is 24.6 Å². The van der Waals surface area contributed by atoms with Gasteiger partial charge >= 0.3 is 5.69 Å². The fourth-order valence-electron chi connectivity index (χ4n) is 3.73. The van der Waals surface area contributed by atoms with Crippen molar-refractivity contribution in [2.24, 2.45) is 0 Å². The number of anilines is 1. The first kappa shape index (κ1) is 21.8. The van der Waals surface area contributed by atoms with Gasteiger partial charge in [0.25, 0.3) is 5.56 Å². The van der Waals surface area contributed by atoms with Gasteiger partial charge in [-0.05, 0) is 73.0 Å². The normalized spacial score (nSPS) is 11.1. The van der Waals surface area contributed by atoms with E-state index < -0.39 is 5.69 Å². The summed E-state index contributed by atoms with van der Waals surface area (Å²) in [6.45, 7) is 7.92. The van der Waals surface area contributed by atoms with E-state index in [1.807, 2.05) is 64.1 Å². The minimum absolute atomic E-state index is 0.158. The van der Waals surface area contributed by atoms with Crippen molar-refractivity contribution in [3.05, 3.63) is 96.5 Å². The molecule has 0 atom stereocenters. The smallest absolute Gasteiger partial charge is 0.324 e. The van der Waals surface area contributed by atoms with Gasteiger partial charge in [0.2, 0.25) is 5.91 Å². The van der Waals surface area contributed by atoms with Crippen LogP contribution in [-0.2, 0) is 17.9 Å². The van der Waals surface area contributed by atoms with Crippen LogP contribution in [0.2, 0.25) is 0 Å². The molecule has 2 aromatic heterocycles. The van der Waals surface area contributed by atoms with E-state index in [0.717, 1.165) is 27.8 Å². The Labute approximate surface area is 189 Å². The number of hydrogen-bond donors (Lipinski definition) is 1. The minimum atomic E-state index is -0.491. The Kier molecular flexibility index (Phi) is 5.84. The van der Waals surface area contributed by atoms with Gasteiger partial charge in [0.1, 0.15) is 11.2 Å². The van der Waals surface area contributed by atoms with Gasteiger partial charge < -0.3 is 5.32 Å². The molecule has 2 aromatic carbocycles. The zero-order valence-corrected chi connectivity index (χ0v) is 19.4. The number of amides is 1. The minimum Gasteiger partial charge on any atom is -0.324 e. The molecule has 0 bridgehead atoms. The molecule has 0 saturated carbocycles. The molecular formula is C25H25N3O3S. The lowest BCUT2D eigenvalue weighted by Gasteiger charge is -2.14. The molecule has 0 aliphatic carbocycles. The van der Waals surface area contributed by atoms with E-state index in [0.29, 0.717) is 15.9 Å². The Morgan fingerprint density at radius 2 is 1.72 bits per heavy atom. The lowest BCUT2D eigenvalue weighted by atomic mass is 10.1. The van der Waals surface area contributed by atoms with Gasteiger partial charge in [-0.3, -0.25) is 18.7 Å². The number of fused-ring (bicyclic) bond motifs is 1. The van der Waals surface area contributed by atoms with Crippen molar-refractivity contribution in [2.45, 2.75) is 40.8 Å². The summed E-state index contributed by atoms with van der Waals surface area (Å²) in [4.78, 5) is 39.2. The molecule has 0 aliphatic rings. The number of hydrogen-bond acceptors (Lipinski definition) is 4. The highest BCUT2D eigenvalue weighted by atomic mass is 32.1. The van der Waals surface area contributed by atoms with Crippen LogP contribution >= 0.6 is 11.3 Å². The van der Waals surface area contributed by atoms with Crippen molar-refractivity contribution in [3.8, 4) is 0 Å². The van der Waals surface area contributed by atoms with Gasteiger partial charge in [-0.25, -0.2) is 4.79 Å². The molecule has 0 spiro atoms. The summed E-state index contributed by atoms with van der Waals surface area (Å²) in [5.41, 5.74) is 5.55. The first-order valence-electron chi connectivity index (χ1n) is 10.4. The lowest BCUT2D eigenvalue weighted by Crippen LogP contribution is -2.41. The predicted octanol–water partition coefficient (Wildman–Crippen LogP) is 4.15. The number of carbonyl (C=O) groups excluding carboxylic acids is 1. The molecule has 1 N–H and O–H groups in total. The molecule has 0 aliphatic heterocycles. The zero-order chi connectivity index (χ0) is 23.0. The third kappa shape index (κ3) is 4.03. The highest BCUT2D eigenvalue weighted by Crippen LogP contribution is 2.19. The van der Waals surface area contributed by atoms with E-state index in [2.05, 4.69) is 5.32 Å². The molecule has 0 saturated heterocycles. The fraction of sp³-hybridized carbons (Fsp3) is 0.240. The highest BCUT2D eigenvalue weighted by molar-refractivity contribution is 7.17. The Morgan fingerprint density at radius 1 is 0.938 bits per heavy atom. The van der Waals surface area contributed by atoms with E-state index in [1.165, 1.54) is 20.5 Å². The number of carbonyl (C=O) groups is 1. The van der Waals surface area contributed by atoms with E-state index in [1.54, 1.807) is 11.4 Å². The number of rotatable bonds is 5. The van der Waals surface area contributed by atoms with Gasteiger partial charge in [0.05, 0.1) is 12.1 Å². The predicted molar refractivity (Wildman–Crippen MR) is 130 cm³/mol. The first-order chi connectivity index (χ1) is 15.3. The van der Waals surface area contributed by atoms with Crippen LogP contribution in [0.25, 0.3) is 10.2 Å². The number of nitrogens with one attached hydrogen (secondary N) is 1. The van der Waals surface area contributed by atoms with Crippen LogP contribution in [0.4, 0.5) is 5.69 Å². The van der Waals surface area contributed by atoms with Gasteiger partial charge in [-0.2, -0.15) is 0 Å². The van der Waals surface area contributed by atoms with Crippen LogP contribution in [-0.4, -0.2) is 15.0 Å². The molecule has 4 aromatic rings. The van der Waals surface area contributed by atoms with Crippen LogP contribution in [0.3, 0.4) is 0 Å². The van der Waals surface area contributed by atoms with Crippen molar-refractivity contribution in [1.29, 1.82) is 0 Å². The topological polar surface area (TPSA) is 73.1 Å². The maximum atomic E-state index is 13.3. The molecule has 0 fully saturated rings. The van der Waals surface area contributed by atoms with Crippen molar-refractivity contribution >= 4 is 33.1 Å². The van der Waals surface area contributed by atoms with Gasteiger partial charge in [-0.1, -0.05) is 30.3 Å². The van der Waals surface area contributed by atoms with Crippen LogP contribution in [0.5, 0.6) is 0 Å². The first-order valence-corrected chi connectivity index (χ1v) is 11.3. The molecule has 164 valence electrons. The highest BCUT2D eigenvalue weighted by Gasteiger charge is 2.17. The molecule has 32 heavy (non-hydrogen) atoms. The van der Waals surface area contributed by atoms with Crippen molar-refractivity contribution in [1.82, 2.24) is 9.13 Å². The molecule has 6 nitrogen and oxygen atoms in total. The van der Waals surface area contributed by atoms with Crippen LogP contribution in [0.15, 0.2) is 57.4 Å². The number of aryl methyl sites for hydroxylation is 3. The standard InChI is InChI=1S/C25H25N3O3S/c1-15-8-9-19(12-17(15)3)13-28-24(30)23-21(10-11-32-23)27(25(28)31)14-22(29)26-20-7-5-6-16(2)18(20)4/h5-12H,13-14H2,1-4H3,(H,26,29). The van der Waals surface area contributed by atoms with E-state index >= 15 is 0 Å². The average molecular weight is 448 g/mol. The zero-order valence-electron chi connectivity index (χ0n) is 18.6. The fourth-order valence-corrected chi connectivity index (χ4v) is 4.57. The van der Waals surface area contributed by atoms with Gasteiger partial charge in [0.15, 0.2) is 0 Å². The molecular weight excluding hydrogens is 422 g/mol. The molecule has 7 heteroatoms. The summed E-state index contributed by atoms with van der Waals surface area (Å²) in [5, 5.41) is 4.67. The third-order valence-corrected chi connectivity index (χ3v) is 6.82. The number of benzene rings is 2. The number of thiophene rings is 1. The second-order valence-electron chi connectivity index (χ2n) is 8.11. The lowest BCUT2D eigenvalue weighted by molar-refractivity contribution is -0.116. The maximum absolute atomic E-state index is 13.3. The Hall–Kier alpha value is -3.45. The largest absolute Gasteiger partial charge is 0.332 e. The third-order valence-electron chi connectivity index (χ3n) is 5.93. The Balaban J connectivity index is 1.73. The molecule has 2 heterocycles. The Morgan fingerprint density at radius 3 is 2.47 bits per heavy atom. The van der Waals surface area contributed by atoms with Gasteiger partial charge in [-0.15, -0.1) is 11.3 Å². The van der Waals surface area contributed by atoms with Crippen molar-refractivity contribution < 1.29 is 4.79 Å². The molecule has 0 radical (unpaired) electrons. The molecule has 0 unspecified atom stereocenters. The summed E-state index contributed by atoms with van der Waals surface area (Å²) >= 11 is 1.28. The SMILES string of the molecule is Cc1ccc(Cn2c(=O)c3sccc3n(CC(=O)Nc3cccc(C)c3C)c2=O)cc1C. The van der Waals surface area contributed by atoms with Crippen LogP contribution in [0, 0.1) is 27.7 Å². The summed E-state index contributed by atoms with van der Waals surface area (Å²) in [7, 11) is 0. The van der Waals surface area contributed by atoms with E-state index in [9.17, 15) is 14.4 Å². The monoisotopic (exact) mass is 447 g/mol. The number of nitrogens with zero attached hydrogens (tertiary/aromatic N) is 2. The van der Waals surface area contributed by atoms with Crippen LogP contribution in [0.1, 0.15) is 27.8 Å². The maximum Gasteiger partial charge on any atom is 0.332 e. The second kappa shape index (κ2) is 8.59. The number of aromatic nitrogens is 2. The van der Waals surface area contributed by atoms with Crippen molar-refractivity contribution in [2.75, 3.05) is 5.32 Å². The van der Waals surface area contributed by atoms with E-state index in [4.69, 9.17) is 0 Å². The van der Waals surface area contributed by atoms with Gasteiger partial charge in [0, 0.05) is 5.69 Å². The molecule has 4 rings (SSSR count).